The van der Waals surface area contributed by atoms with Crippen molar-refractivity contribution in [3.05, 3.63) is 22.4 Å². The summed E-state index contributed by atoms with van der Waals surface area (Å²) in [7, 11) is 1.76. The minimum absolute atomic E-state index is 0.176. The van der Waals surface area contributed by atoms with E-state index in [1.807, 2.05) is 0 Å². The molecule has 1 rings (SSSR count). The molecule has 0 atom stereocenters. The van der Waals surface area contributed by atoms with Crippen LogP contribution in [-0.4, -0.2) is 29.5 Å². The first-order chi connectivity index (χ1) is 8.52. The average molecular weight is 290 g/mol. The number of rotatable bonds is 5. The quantitative estimate of drug-likeness (QED) is 0.657. The van der Waals surface area contributed by atoms with Crippen molar-refractivity contribution in [1.29, 1.82) is 0 Å². The molecule has 2 amide bonds. The van der Waals surface area contributed by atoms with Crippen molar-refractivity contribution in [2.45, 2.75) is 26.2 Å². The smallest absolute Gasteiger partial charge is 0.321 e. The zero-order valence-corrected chi connectivity index (χ0v) is 12.1. The van der Waals surface area contributed by atoms with Gasteiger partial charge >= 0.3 is 6.03 Å². The summed E-state index contributed by atoms with van der Waals surface area (Å²) in [4.78, 5) is 17.3. The number of halogens is 2. The van der Waals surface area contributed by atoms with Crippen LogP contribution in [-0.2, 0) is 0 Å². The number of hydrogen-bond acceptors (Lipinski definition) is 2. The van der Waals surface area contributed by atoms with Gasteiger partial charge in [0.05, 0.1) is 0 Å². The molecule has 0 radical (unpaired) electrons. The van der Waals surface area contributed by atoms with Crippen LogP contribution < -0.4 is 5.32 Å². The second kappa shape index (κ2) is 7.44. The Balaban J connectivity index is 2.52. The third kappa shape index (κ3) is 5.10. The molecule has 0 aliphatic carbocycles. The molecule has 0 saturated carbocycles. The monoisotopic (exact) mass is 289 g/mol. The summed E-state index contributed by atoms with van der Waals surface area (Å²) >= 11 is 11.5. The third-order valence-corrected chi connectivity index (χ3v) is 2.85. The van der Waals surface area contributed by atoms with Gasteiger partial charge in [-0.05, 0) is 18.6 Å². The molecule has 0 aliphatic heterocycles. The largest absolute Gasteiger partial charge is 0.328 e. The first-order valence-electron chi connectivity index (χ1n) is 5.88. The predicted octanol–water partition coefficient (Wildman–Crippen LogP) is 4.04. The zero-order valence-electron chi connectivity index (χ0n) is 10.5. The first-order valence-corrected chi connectivity index (χ1v) is 6.63. The fourth-order valence-corrected chi connectivity index (χ4v) is 1.92. The molecular formula is C12H17Cl2N3O. The molecule has 0 aromatic carbocycles. The molecule has 18 heavy (non-hydrogen) atoms. The summed E-state index contributed by atoms with van der Waals surface area (Å²) in [5, 5.41) is 3.24. The molecule has 1 N–H and O–H groups in total. The summed E-state index contributed by atoms with van der Waals surface area (Å²) in [6, 6.07) is 2.95. The van der Waals surface area contributed by atoms with E-state index in [0.29, 0.717) is 5.69 Å². The predicted molar refractivity (Wildman–Crippen MR) is 75.4 cm³/mol. The number of hydrogen-bond donors (Lipinski definition) is 1. The second-order valence-electron chi connectivity index (χ2n) is 4.06. The third-order valence-electron chi connectivity index (χ3n) is 2.46. The van der Waals surface area contributed by atoms with Crippen LogP contribution in [0.4, 0.5) is 10.5 Å². The summed E-state index contributed by atoms with van der Waals surface area (Å²) in [6.07, 6.45) is 3.24. The van der Waals surface area contributed by atoms with Gasteiger partial charge in [0, 0.05) is 19.3 Å². The lowest BCUT2D eigenvalue weighted by Crippen LogP contribution is -2.32. The molecule has 100 valence electrons. The van der Waals surface area contributed by atoms with E-state index in [2.05, 4.69) is 17.2 Å². The Labute approximate surface area is 117 Å². The lowest BCUT2D eigenvalue weighted by molar-refractivity contribution is 0.221. The van der Waals surface area contributed by atoms with Crippen LogP contribution in [0.5, 0.6) is 0 Å². The Kier molecular flexibility index (Phi) is 6.22. The van der Waals surface area contributed by atoms with Crippen molar-refractivity contribution in [2.24, 2.45) is 0 Å². The molecule has 4 nitrogen and oxygen atoms in total. The van der Waals surface area contributed by atoms with Crippen LogP contribution in [0.25, 0.3) is 0 Å². The number of anilines is 1. The maximum atomic E-state index is 11.8. The van der Waals surface area contributed by atoms with Crippen LogP contribution in [0, 0.1) is 0 Å². The van der Waals surface area contributed by atoms with Gasteiger partial charge in [0.25, 0.3) is 0 Å². The number of nitrogens with one attached hydrogen (secondary N) is 1. The number of pyridine rings is 1. The van der Waals surface area contributed by atoms with E-state index < -0.39 is 0 Å². The highest BCUT2D eigenvalue weighted by Crippen LogP contribution is 2.18. The summed E-state index contributed by atoms with van der Waals surface area (Å²) in [5.74, 6) is 0. The van der Waals surface area contributed by atoms with Gasteiger partial charge in [0.1, 0.15) is 10.3 Å². The number of aromatic nitrogens is 1. The van der Waals surface area contributed by atoms with E-state index in [4.69, 9.17) is 23.2 Å². The number of urea groups is 1. The van der Waals surface area contributed by atoms with E-state index in [-0.39, 0.29) is 16.3 Å². The van der Waals surface area contributed by atoms with Gasteiger partial charge in [0.2, 0.25) is 0 Å². The molecule has 1 heterocycles. The fourth-order valence-electron chi connectivity index (χ4n) is 1.46. The van der Waals surface area contributed by atoms with E-state index in [1.165, 1.54) is 0 Å². The molecule has 0 aliphatic rings. The number of amides is 2. The topological polar surface area (TPSA) is 45.2 Å². The van der Waals surface area contributed by atoms with E-state index in [0.717, 1.165) is 25.8 Å². The van der Waals surface area contributed by atoms with Crippen molar-refractivity contribution in [3.63, 3.8) is 0 Å². The van der Waals surface area contributed by atoms with Crippen LogP contribution >= 0.6 is 23.2 Å². The van der Waals surface area contributed by atoms with Gasteiger partial charge in [-0.2, -0.15) is 0 Å². The van der Waals surface area contributed by atoms with Gasteiger partial charge in [0.15, 0.2) is 0 Å². The number of carbonyl (C=O) groups is 1. The zero-order chi connectivity index (χ0) is 13.5. The van der Waals surface area contributed by atoms with Crippen LogP contribution in [0.3, 0.4) is 0 Å². The second-order valence-corrected chi connectivity index (χ2v) is 4.83. The molecular weight excluding hydrogens is 273 g/mol. The van der Waals surface area contributed by atoms with Crippen molar-refractivity contribution in [2.75, 3.05) is 18.9 Å². The highest BCUT2D eigenvalue weighted by molar-refractivity contribution is 6.32. The SMILES string of the molecule is CCCCCN(C)C(=O)Nc1cc(Cl)nc(Cl)c1. The first kappa shape index (κ1) is 15.1. The molecule has 1 aromatic rings. The summed E-state index contributed by atoms with van der Waals surface area (Å²) < 4.78 is 0. The van der Waals surface area contributed by atoms with Crippen LogP contribution in [0.15, 0.2) is 12.1 Å². The minimum atomic E-state index is -0.176. The fraction of sp³-hybridized carbons (Fsp3) is 0.500. The summed E-state index contributed by atoms with van der Waals surface area (Å²) in [6.45, 7) is 2.85. The van der Waals surface area contributed by atoms with Gasteiger partial charge in [-0.3, -0.25) is 0 Å². The molecule has 0 bridgehead atoms. The Morgan fingerprint density at radius 2 is 1.94 bits per heavy atom. The van der Waals surface area contributed by atoms with Crippen LogP contribution in [0.1, 0.15) is 26.2 Å². The average Bonchev–Trinajstić information content (AvgIpc) is 2.27. The van der Waals surface area contributed by atoms with Gasteiger partial charge in [-0.15, -0.1) is 0 Å². The highest BCUT2D eigenvalue weighted by atomic mass is 35.5. The molecule has 1 aromatic heterocycles. The number of unbranched alkanes of at least 4 members (excludes halogenated alkanes) is 2. The maximum absolute atomic E-state index is 11.8. The Bertz CT molecular complexity index is 392. The van der Waals surface area contributed by atoms with Crippen molar-refractivity contribution in [1.82, 2.24) is 9.88 Å². The summed E-state index contributed by atoms with van der Waals surface area (Å²) in [5.41, 5.74) is 0.548. The van der Waals surface area contributed by atoms with Crippen molar-refractivity contribution >= 4 is 34.9 Å². The molecule has 6 heteroatoms. The van der Waals surface area contributed by atoms with E-state index in [9.17, 15) is 4.79 Å². The molecule has 0 unspecified atom stereocenters. The normalized spacial score (nSPS) is 10.2. The van der Waals surface area contributed by atoms with Crippen molar-refractivity contribution < 1.29 is 4.79 Å². The lowest BCUT2D eigenvalue weighted by Gasteiger charge is -2.17. The van der Waals surface area contributed by atoms with Gasteiger partial charge < -0.3 is 10.2 Å². The number of carbonyl (C=O) groups excluding carboxylic acids is 1. The molecule has 0 spiro atoms. The number of nitrogens with zero attached hydrogens (tertiary/aromatic N) is 2. The standard InChI is InChI=1S/C12H17Cl2N3O/c1-3-4-5-6-17(2)12(18)15-9-7-10(13)16-11(14)8-9/h7-8H,3-6H2,1-2H3,(H,15,16,18). The highest BCUT2D eigenvalue weighted by Gasteiger charge is 2.09. The molecule has 0 fully saturated rings. The lowest BCUT2D eigenvalue weighted by atomic mass is 10.2. The maximum Gasteiger partial charge on any atom is 0.321 e. The minimum Gasteiger partial charge on any atom is -0.328 e. The Morgan fingerprint density at radius 3 is 2.50 bits per heavy atom. The van der Waals surface area contributed by atoms with Crippen LogP contribution in [0.2, 0.25) is 10.3 Å². The van der Waals surface area contributed by atoms with Gasteiger partial charge in [-0.1, -0.05) is 43.0 Å². The molecule has 0 saturated heterocycles. The Morgan fingerprint density at radius 1 is 1.33 bits per heavy atom. The van der Waals surface area contributed by atoms with Gasteiger partial charge in [-0.25, -0.2) is 9.78 Å². The van der Waals surface area contributed by atoms with Crippen molar-refractivity contribution in [3.8, 4) is 0 Å². The van der Waals surface area contributed by atoms with E-state index >= 15 is 0 Å². The van der Waals surface area contributed by atoms with E-state index in [1.54, 1.807) is 24.1 Å². The Hall–Kier alpha value is -1.00.